The summed E-state index contributed by atoms with van der Waals surface area (Å²) < 4.78 is 0. The first-order valence-electron chi connectivity index (χ1n) is 5.51. The summed E-state index contributed by atoms with van der Waals surface area (Å²) in [5, 5.41) is 0. The zero-order valence-electron chi connectivity index (χ0n) is 10.4. The predicted molar refractivity (Wildman–Crippen MR) is 69.0 cm³/mol. The molecule has 2 nitrogen and oxygen atoms in total. The number of hydrogen-bond donors (Lipinski definition) is 1. The molecular formula is C14H19NO. The quantitative estimate of drug-likeness (QED) is 0.623. The van der Waals surface area contributed by atoms with Crippen LogP contribution in [0.15, 0.2) is 29.8 Å². The topological polar surface area (TPSA) is 43.1 Å². The van der Waals surface area contributed by atoms with Crippen LogP contribution in [0.3, 0.4) is 0 Å². The van der Waals surface area contributed by atoms with Crippen molar-refractivity contribution in [3.63, 3.8) is 0 Å². The number of carbonyl (C=O) groups is 1. The Morgan fingerprint density at radius 2 is 1.62 bits per heavy atom. The van der Waals surface area contributed by atoms with E-state index in [9.17, 15) is 4.79 Å². The van der Waals surface area contributed by atoms with Crippen LogP contribution in [0.5, 0.6) is 0 Å². The van der Waals surface area contributed by atoms with Gasteiger partial charge in [-0.15, -0.1) is 0 Å². The summed E-state index contributed by atoms with van der Waals surface area (Å²) in [4.78, 5) is 11.6. The van der Waals surface area contributed by atoms with E-state index in [2.05, 4.69) is 0 Å². The summed E-state index contributed by atoms with van der Waals surface area (Å²) in [6.07, 6.45) is 0. The number of benzene rings is 1. The third-order valence-corrected chi connectivity index (χ3v) is 2.70. The molecule has 0 saturated carbocycles. The molecule has 0 radical (unpaired) electrons. The van der Waals surface area contributed by atoms with Gasteiger partial charge in [0.15, 0.2) is 5.78 Å². The van der Waals surface area contributed by atoms with Crippen LogP contribution < -0.4 is 5.73 Å². The number of ketones is 1. The Kier molecular flexibility index (Phi) is 3.88. The molecule has 16 heavy (non-hydrogen) atoms. The highest BCUT2D eigenvalue weighted by atomic mass is 16.1. The molecule has 0 saturated heterocycles. The van der Waals surface area contributed by atoms with E-state index < -0.39 is 0 Å². The Morgan fingerprint density at radius 1 is 1.12 bits per heavy atom. The standard InChI is InChI=1S/C14H19NO/c1-9(2)14(11(4)16)10(3)12-5-7-13(15)8-6-12/h5-9H,15H2,1-4H3. The van der Waals surface area contributed by atoms with Crippen LogP contribution in [0.4, 0.5) is 5.69 Å². The van der Waals surface area contributed by atoms with Gasteiger partial charge in [0.05, 0.1) is 0 Å². The molecule has 2 heteroatoms. The van der Waals surface area contributed by atoms with Gasteiger partial charge in [-0.1, -0.05) is 26.0 Å². The van der Waals surface area contributed by atoms with Crippen LogP contribution in [0.25, 0.3) is 5.57 Å². The molecule has 86 valence electrons. The SMILES string of the molecule is CC(=O)C(=C(C)c1ccc(N)cc1)C(C)C. The van der Waals surface area contributed by atoms with Crippen molar-refractivity contribution in [1.29, 1.82) is 0 Å². The van der Waals surface area contributed by atoms with E-state index >= 15 is 0 Å². The average molecular weight is 217 g/mol. The molecule has 0 fully saturated rings. The van der Waals surface area contributed by atoms with E-state index in [1.54, 1.807) is 6.92 Å². The number of carbonyl (C=O) groups excluding carboxylic acids is 1. The number of rotatable bonds is 3. The number of Topliss-reactive ketones (excluding diaryl/α,β-unsaturated/α-hetero) is 1. The van der Waals surface area contributed by atoms with E-state index in [-0.39, 0.29) is 11.7 Å². The highest BCUT2D eigenvalue weighted by molar-refractivity contribution is 6.01. The molecule has 1 aromatic carbocycles. The van der Waals surface area contributed by atoms with Gasteiger partial charge in [0.25, 0.3) is 0 Å². The van der Waals surface area contributed by atoms with Crippen LogP contribution in [0, 0.1) is 5.92 Å². The van der Waals surface area contributed by atoms with Crippen molar-refractivity contribution in [2.45, 2.75) is 27.7 Å². The Hall–Kier alpha value is -1.57. The van der Waals surface area contributed by atoms with Crippen molar-refractivity contribution in [3.8, 4) is 0 Å². The lowest BCUT2D eigenvalue weighted by Crippen LogP contribution is -2.06. The van der Waals surface area contributed by atoms with Gasteiger partial charge < -0.3 is 5.73 Å². The average Bonchev–Trinajstić information content (AvgIpc) is 2.17. The molecule has 0 unspecified atom stereocenters. The second kappa shape index (κ2) is 4.97. The van der Waals surface area contributed by atoms with Gasteiger partial charge in [-0.3, -0.25) is 4.79 Å². The zero-order valence-corrected chi connectivity index (χ0v) is 10.4. The minimum Gasteiger partial charge on any atom is -0.399 e. The Balaban J connectivity index is 3.24. The van der Waals surface area contributed by atoms with E-state index in [4.69, 9.17) is 5.73 Å². The molecule has 1 rings (SSSR count). The fourth-order valence-corrected chi connectivity index (χ4v) is 1.99. The van der Waals surface area contributed by atoms with E-state index in [1.807, 2.05) is 45.0 Å². The molecule has 0 bridgehead atoms. The number of hydrogen-bond acceptors (Lipinski definition) is 2. The van der Waals surface area contributed by atoms with Crippen molar-refractivity contribution in [2.24, 2.45) is 5.92 Å². The minimum absolute atomic E-state index is 0.143. The van der Waals surface area contributed by atoms with Gasteiger partial charge >= 0.3 is 0 Å². The second-order valence-electron chi connectivity index (χ2n) is 4.37. The molecule has 2 N–H and O–H groups in total. The zero-order chi connectivity index (χ0) is 12.3. The summed E-state index contributed by atoms with van der Waals surface area (Å²) in [6, 6.07) is 7.62. The maximum absolute atomic E-state index is 11.6. The summed E-state index contributed by atoms with van der Waals surface area (Å²) in [5.74, 6) is 0.388. The van der Waals surface area contributed by atoms with Gasteiger partial charge in [0.2, 0.25) is 0 Å². The summed E-state index contributed by atoms with van der Waals surface area (Å²) in [7, 11) is 0. The van der Waals surface area contributed by atoms with E-state index in [0.717, 1.165) is 22.4 Å². The first-order chi connectivity index (χ1) is 7.43. The smallest absolute Gasteiger partial charge is 0.156 e. The molecular weight excluding hydrogens is 198 g/mol. The molecule has 0 aliphatic carbocycles. The minimum atomic E-state index is 0.143. The van der Waals surface area contributed by atoms with Crippen LogP contribution in [0.1, 0.15) is 33.3 Å². The first-order valence-corrected chi connectivity index (χ1v) is 5.51. The number of nitrogens with two attached hydrogens (primary N) is 1. The van der Waals surface area contributed by atoms with Crippen LogP contribution >= 0.6 is 0 Å². The first kappa shape index (κ1) is 12.5. The van der Waals surface area contributed by atoms with Crippen molar-refractivity contribution < 1.29 is 4.79 Å². The molecule has 0 aliphatic rings. The lowest BCUT2D eigenvalue weighted by molar-refractivity contribution is -0.113. The van der Waals surface area contributed by atoms with Gasteiger partial charge in [0.1, 0.15) is 0 Å². The van der Waals surface area contributed by atoms with Gasteiger partial charge in [-0.05, 0) is 43.0 Å². The summed E-state index contributed by atoms with van der Waals surface area (Å²) in [6.45, 7) is 7.69. The van der Waals surface area contributed by atoms with Gasteiger partial charge in [-0.25, -0.2) is 0 Å². The monoisotopic (exact) mass is 217 g/mol. The Morgan fingerprint density at radius 3 is 2.00 bits per heavy atom. The molecule has 0 atom stereocenters. The molecule has 0 aliphatic heterocycles. The van der Waals surface area contributed by atoms with Crippen molar-refractivity contribution in [1.82, 2.24) is 0 Å². The van der Waals surface area contributed by atoms with Gasteiger partial charge in [0, 0.05) is 11.3 Å². The largest absolute Gasteiger partial charge is 0.399 e. The maximum atomic E-state index is 11.6. The number of anilines is 1. The lowest BCUT2D eigenvalue weighted by atomic mass is 9.91. The molecule has 0 heterocycles. The molecule has 0 amide bonds. The molecule has 1 aromatic rings. The van der Waals surface area contributed by atoms with Crippen LogP contribution in [0.2, 0.25) is 0 Å². The maximum Gasteiger partial charge on any atom is 0.156 e. The van der Waals surface area contributed by atoms with Gasteiger partial charge in [-0.2, -0.15) is 0 Å². The normalized spacial score (nSPS) is 12.6. The van der Waals surface area contributed by atoms with E-state index in [0.29, 0.717) is 0 Å². The van der Waals surface area contributed by atoms with Crippen molar-refractivity contribution in [2.75, 3.05) is 5.73 Å². The second-order valence-corrected chi connectivity index (χ2v) is 4.37. The predicted octanol–water partition coefficient (Wildman–Crippen LogP) is 3.29. The Bertz CT molecular complexity index is 413. The lowest BCUT2D eigenvalue weighted by Gasteiger charge is -2.13. The fraction of sp³-hybridized carbons (Fsp3) is 0.357. The number of allylic oxidation sites excluding steroid dienone is 2. The van der Waals surface area contributed by atoms with E-state index in [1.165, 1.54) is 0 Å². The molecule has 0 aromatic heterocycles. The fourth-order valence-electron chi connectivity index (χ4n) is 1.99. The molecule has 0 spiro atoms. The third-order valence-electron chi connectivity index (χ3n) is 2.70. The van der Waals surface area contributed by atoms with Crippen LogP contribution in [-0.4, -0.2) is 5.78 Å². The van der Waals surface area contributed by atoms with Crippen molar-refractivity contribution in [3.05, 3.63) is 35.4 Å². The summed E-state index contributed by atoms with van der Waals surface area (Å²) in [5.41, 5.74) is 9.38. The Labute approximate surface area is 97.2 Å². The third kappa shape index (κ3) is 2.72. The number of nitrogen functional groups attached to an aromatic ring is 1. The summed E-state index contributed by atoms with van der Waals surface area (Å²) >= 11 is 0. The van der Waals surface area contributed by atoms with Crippen LogP contribution in [-0.2, 0) is 4.79 Å². The highest BCUT2D eigenvalue weighted by Crippen LogP contribution is 2.24. The van der Waals surface area contributed by atoms with Crippen molar-refractivity contribution >= 4 is 17.0 Å². The highest BCUT2D eigenvalue weighted by Gasteiger charge is 2.13.